The lowest BCUT2D eigenvalue weighted by atomic mass is 10.2. The summed E-state index contributed by atoms with van der Waals surface area (Å²) in [5.41, 5.74) is 2.07. The third kappa shape index (κ3) is 2.95. The number of thiophene rings is 1. The summed E-state index contributed by atoms with van der Waals surface area (Å²) in [7, 11) is 0. The van der Waals surface area contributed by atoms with Crippen LogP contribution in [0.4, 0.5) is 5.69 Å². The monoisotopic (exact) mass is 361 g/mol. The number of benzene rings is 1. The summed E-state index contributed by atoms with van der Waals surface area (Å²) in [6.07, 6.45) is 0. The molecule has 0 aliphatic heterocycles. The Kier molecular flexibility index (Phi) is 4.43. The van der Waals surface area contributed by atoms with Crippen molar-refractivity contribution in [1.82, 2.24) is 9.97 Å². The molecule has 5 nitrogen and oxygen atoms in total. The summed E-state index contributed by atoms with van der Waals surface area (Å²) in [5.74, 6) is 0.158. The van der Waals surface area contributed by atoms with E-state index in [-0.39, 0.29) is 11.5 Å². The second-order valence-corrected chi connectivity index (χ2v) is 7.23. The van der Waals surface area contributed by atoms with Crippen molar-refractivity contribution in [2.24, 2.45) is 0 Å². The molecule has 1 aromatic carbocycles. The molecule has 0 aliphatic rings. The van der Waals surface area contributed by atoms with E-state index in [0.717, 1.165) is 11.3 Å². The molecule has 0 bridgehead atoms. The molecule has 124 valence electrons. The Bertz CT molecular complexity index is 991. The van der Waals surface area contributed by atoms with E-state index in [1.807, 2.05) is 31.2 Å². The highest BCUT2D eigenvalue weighted by Crippen LogP contribution is 2.29. The maximum atomic E-state index is 12.6. The SMILES string of the molecule is Cc1ccccc1NC(=O)c1sc2nc(C(C)Cl)[nH]c(=O)c2c1C. The number of fused-ring (bicyclic) bond motifs is 1. The highest BCUT2D eigenvalue weighted by atomic mass is 35.5. The van der Waals surface area contributed by atoms with E-state index in [4.69, 9.17) is 11.6 Å². The van der Waals surface area contributed by atoms with Gasteiger partial charge >= 0.3 is 0 Å². The van der Waals surface area contributed by atoms with Crippen LogP contribution in [-0.2, 0) is 0 Å². The van der Waals surface area contributed by atoms with Crippen molar-refractivity contribution in [2.45, 2.75) is 26.1 Å². The first-order valence-electron chi connectivity index (χ1n) is 7.43. The van der Waals surface area contributed by atoms with Crippen molar-refractivity contribution in [1.29, 1.82) is 0 Å². The zero-order valence-electron chi connectivity index (χ0n) is 13.4. The lowest BCUT2D eigenvalue weighted by Gasteiger charge is -2.07. The first-order chi connectivity index (χ1) is 11.4. The summed E-state index contributed by atoms with van der Waals surface area (Å²) in [6.45, 7) is 5.41. The maximum absolute atomic E-state index is 12.6. The summed E-state index contributed by atoms with van der Waals surface area (Å²) in [5, 5.41) is 2.92. The van der Waals surface area contributed by atoms with Crippen LogP contribution < -0.4 is 10.9 Å². The van der Waals surface area contributed by atoms with Gasteiger partial charge in [0.15, 0.2) is 0 Å². The Balaban J connectivity index is 2.05. The lowest BCUT2D eigenvalue weighted by Crippen LogP contribution is -2.14. The average Bonchev–Trinajstić information content (AvgIpc) is 2.87. The molecule has 0 aliphatic carbocycles. The number of carbonyl (C=O) groups excluding carboxylic acids is 1. The normalized spacial score (nSPS) is 12.3. The zero-order chi connectivity index (χ0) is 17.4. The van der Waals surface area contributed by atoms with Crippen LogP contribution in [0.25, 0.3) is 10.2 Å². The number of amides is 1. The number of halogens is 1. The molecule has 0 saturated heterocycles. The van der Waals surface area contributed by atoms with E-state index in [9.17, 15) is 9.59 Å². The molecule has 0 saturated carbocycles. The standard InChI is InChI=1S/C17H16ClN3O2S/c1-8-6-4-5-7-11(8)19-16(23)13-9(2)12-15(22)20-14(10(3)18)21-17(12)24-13/h4-7,10H,1-3H3,(H,19,23)(H,20,21,22). The van der Waals surface area contributed by atoms with E-state index in [0.29, 0.717) is 26.5 Å². The minimum atomic E-state index is -0.409. The quantitative estimate of drug-likeness (QED) is 0.688. The van der Waals surface area contributed by atoms with Crippen LogP contribution >= 0.6 is 22.9 Å². The molecule has 7 heteroatoms. The molecule has 0 radical (unpaired) electrons. The number of para-hydroxylation sites is 1. The molecule has 3 rings (SSSR count). The van der Waals surface area contributed by atoms with Crippen molar-refractivity contribution in [3.05, 3.63) is 56.4 Å². The second-order valence-electron chi connectivity index (χ2n) is 5.57. The molecule has 2 heterocycles. The second kappa shape index (κ2) is 6.37. The van der Waals surface area contributed by atoms with Gasteiger partial charge in [0.25, 0.3) is 11.5 Å². The Morgan fingerprint density at radius 1 is 1.33 bits per heavy atom. The number of aromatic amines is 1. The van der Waals surface area contributed by atoms with Crippen LogP contribution in [0.3, 0.4) is 0 Å². The third-order valence-electron chi connectivity index (χ3n) is 3.80. The van der Waals surface area contributed by atoms with Crippen LogP contribution in [0.5, 0.6) is 0 Å². The van der Waals surface area contributed by atoms with Gasteiger partial charge in [0.1, 0.15) is 10.7 Å². The molecule has 3 aromatic rings. The van der Waals surface area contributed by atoms with Gasteiger partial charge in [-0.2, -0.15) is 0 Å². The number of hydrogen-bond acceptors (Lipinski definition) is 4. The van der Waals surface area contributed by atoms with Gasteiger partial charge in [0, 0.05) is 5.69 Å². The molecule has 2 N–H and O–H groups in total. The van der Waals surface area contributed by atoms with Gasteiger partial charge in [-0.1, -0.05) is 18.2 Å². The number of aryl methyl sites for hydroxylation is 2. The highest BCUT2D eigenvalue weighted by Gasteiger charge is 2.20. The van der Waals surface area contributed by atoms with Gasteiger partial charge in [0.2, 0.25) is 0 Å². The molecule has 0 spiro atoms. The molecule has 2 aromatic heterocycles. The van der Waals surface area contributed by atoms with Gasteiger partial charge in [-0.15, -0.1) is 22.9 Å². The first kappa shape index (κ1) is 16.7. The van der Waals surface area contributed by atoms with Crippen LogP contribution in [0.2, 0.25) is 0 Å². The Morgan fingerprint density at radius 2 is 2.04 bits per heavy atom. The number of anilines is 1. The predicted octanol–water partition coefficient (Wildman–Crippen LogP) is 4.15. The number of carbonyl (C=O) groups is 1. The van der Waals surface area contributed by atoms with E-state index in [1.165, 1.54) is 11.3 Å². The fourth-order valence-corrected chi connectivity index (χ4v) is 3.65. The Morgan fingerprint density at radius 3 is 2.71 bits per heavy atom. The number of H-pyrrole nitrogens is 1. The number of alkyl halides is 1. The fourth-order valence-electron chi connectivity index (χ4n) is 2.46. The maximum Gasteiger partial charge on any atom is 0.266 e. The lowest BCUT2D eigenvalue weighted by molar-refractivity contribution is 0.103. The van der Waals surface area contributed by atoms with Crippen LogP contribution in [0, 0.1) is 13.8 Å². The Hall–Kier alpha value is -2.18. The van der Waals surface area contributed by atoms with Gasteiger partial charge in [0.05, 0.1) is 15.6 Å². The van der Waals surface area contributed by atoms with Gasteiger partial charge in [-0.25, -0.2) is 4.98 Å². The first-order valence-corrected chi connectivity index (χ1v) is 8.68. The predicted molar refractivity (Wildman–Crippen MR) is 98.4 cm³/mol. The van der Waals surface area contributed by atoms with Gasteiger partial charge in [-0.05, 0) is 38.0 Å². The number of rotatable bonds is 3. The summed E-state index contributed by atoms with van der Waals surface area (Å²) < 4.78 is 0. The number of nitrogens with zero attached hydrogens (tertiary/aromatic N) is 1. The minimum absolute atomic E-state index is 0.246. The molecule has 1 amide bonds. The smallest absolute Gasteiger partial charge is 0.266 e. The van der Waals surface area contributed by atoms with E-state index < -0.39 is 5.38 Å². The van der Waals surface area contributed by atoms with Crippen LogP contribution in [0.15, 0.2) is 29.1 Å². The van der Waals surface area contributed by atoms with Crippen LogP contribution in [0.1, 0.15) is 38.9 Å². The summed E-state index contributed by atoms with van der Waals surface area (Å²) in [6, 6.07) is 7.54. The number of nitrogens with one attached hydrogen (secondary N) is 2. The topological polar surface area (TPSA) is 74.8 Å². The number of hydrogen-bond donors (Lipinski definition) is 2. The third-order valence-corrected chi connectivity index (χ3v) is 5.19. The summed E-state index contributed by atoms with van der Waals surface area (Å²) in [4.78, 5) is 33.0. The van der Waals surface area contributed by atoms with Crippen molar-refractivity contribution < 1.29 is 4.79 Å². The van der Waals surface area contributed by atoms with E-state index in [1.54, 1.807) is 13.8 Å². The van der Waals surface area contributed by atoms with Gasteiger partial charge in [-0.3, -0.25) is 9.59 Å². The van der Waals surface area contributed by atoms with Crippen molar-refractivity contribution in [3.8, 4) is 0 Å². The zero-order valence-corrected chi connectivity index (χ0v) is 15.0. The molecule has 0 fully saturated rings. The molecule has 1 atom stereocenters. The van der Waals surface area contributed by atoms with Crippen molar-refractivity contribution in [2.75, 3.05) is 5.32 Å². The van der Waals surface area contributed by atoms with Gasteiger partial charge < -0.3 is 10.3 Å². The largest absolute Gasteiger partial charge is 0.321 e. The molecular formula is C17H16ClN3O2S. The van der Waals surface area contributed by atoms with E-state index >= 15 is 0 Å². The molecule has 1 unspecified atom stereocenters. The average molecular weight is 362 g/mol. The molecular weight excluding hydrogens is 346 g/mol. The Labute approximate surface area is 147 Å². The van der Waals surface area contributed by atoms with Crippen molar-refractivity contribution in [3.63, 3.8) is 0 Å². The summed E-state index contributed by atoms with van der Waals surface area (Å²) >= 11 is 7.20. The van der Waals surface area contributed by atoms with E-state index in [2.05, 4.69) is 15.3 Å². The molecule has 24 heavy (non-hydrogen) atoms. The van der Waals surface area contributed by atoms with Crippen molar-refractivity contribution >= 4 is 44.7 Å². The minimum Gasteiger partial charge on any atom is -0.321 e. The number of aromatic nitrogens is 2. The van der Waals surface area contributed by atoms with Crippen LogP contribution in [-0.4, -0.2) is 15.9 Å². The fraction of sp³-hybridized carbons (Fsp3) is 0.235. The highest BCUT2D eigenvalue weighted by molar-refractivity contribution is 7.20.